The summed E-state index contributed by atoms with van der Waals surface area (Å²) in [5, 5.41) is 50.0. The Morgan fingerprint density at radius 3 is 1.54 bits per heavy atom. The molecule has 1 aliphatic carbocycles. The van der Waals surface area contributed by atoms with Crippen LogP contribution in [0.2, 0.25) is 0 Å². The molecule has 6 N–H and O–H groups in total. The van der Waals surface area contributed by atoms with Crippen molar-refractivity contribution in [3.63, 3.8) is 0 Å². The summed E-state index contributed by atoms with van der Waals surface area (Å²) in [7, 11) is -5.14. The van der Waals surface area contributed by atoms with Crippen LogP contribution in [0, 0.1) is 0 Å². The molecule has 0 spiro atoms. The van der Waals surface area contributed by atoms with Crippen LogP contribution < -0.4 is 0 Å². The van der Waals surface area contributed by atoms with Gasteiger partial charge in [0.15, 0.2) is 6.10 Å². The molecular weight excluding hydrogens is 755 g/mol. The van der Waals surface area contributed by atoms with Gasteiger partial charge in [0.05, 0.1) is 6.61 Å². The summed E-state index contributed by atoms with van der Waals surface area (Å²) in [5.74, 6) is -1.36. The number of esters is 2. The van der Waals surface area contributed by atoms with Crippen molar-refractivity contribution in [3.05, 3.63) is 36.5 Å². The van der Waals surface area contributed by atoms with Crippen molar-refractivity contribution < 1.29 is 63.1 Å². The number of carbonyl (C=O) groups excluding carboxylic acids is 2. The molecule has 332 valence electrons. The van der Waals surface area contributed by atoms with Gasteiger partial charge in [0, 0.05) is 12.5 Å². The predicted octanol–water partition coefficient (Wildman–Crippen LogP) is 7.83. The van der Waals surface area contributed by atoms with Gasteiger partial charge in [0.2, 0.25) is 0 Å². The number of phosphoric ester groups is 1. The minimum absolute atomic E-state index is 0.137. The number of carbonyl (C=O) groups is 2. The third kappa shape index (κ3) is 26.7. The highest BCUT2D eigenvalue weighted by Gasteiger charge is 2.51. The van der Waals surface area contributed by atoms with Crippen LogP contribution in [0.25, 0.3) is 0 Å². The van der Waals surface area contributed by atoms with Gasteiger partial charge in [-0.1, -0.05) is 147 Å². The third-order valence-electron chi connectivity index (χ3n) is 10.1. The summed E-state index contributed by atoms with van der Waals surface area (Å²) in [4.78, 5) is 35.4. The lowest BCUT2D eigenvalue weighted by Crippen LogP contribution is -2.64. The Labute approximate surface area is 342 Å². The largest absolute Gasteiger partial charge is 0.472 e. The van der Waals surface area contributed by atoms with Crippen LogP contribution in [0.5, 0.6) is 0 Å². The van der Waals surface area contributed by atoms with Crippen LogP contribution in [0.15, 0.2) is 36.5 Å². The average molecular weight is 833 g/mol. The number of aliphatic hydroxyl groups is 5. The monoisotopic (exact) mass is 833 g/mol. The zero-order valence-corrected chi connectivity index (χ0v) is 35.8. The predicted molar refractivity (Wildman–Crippen MR) is 221 cm³/mol. The second-order valence-electron chi connectivity index (χ2n) is 15.3. The molecule has 0 bridgehead atoms. The first kappa shape index (κ1) is 53.1. The van der Waals surface area contributed by atoms with Crippen molar-refractivity contribution in [1.29, 1.82) is 0 Å². The fourth-order valence-electron chi connectivity index (χ4n) is 6.48. The zero-order chi connectivity index (χ0) is 42.2. The summed E-state index contributed by atoms with van der Waals surface area (Å²) >= 11 is 0. The molecule has 1 aliphatic rings. The van der Waals surface area contributed by atoms with Crippen LogP contribution in [-0.4, -0.2) is 98.3 Å². The maximum Gasteiger partial charge on any atom is 0.472 e. The number of phosphoric acid groups is 1. The van der Waals surface area contributed by atoms with Crippen molar-refractivity contribution in [2.75, 3.05) is 13.2 Å². The van der Waals surface area contributed by atoms with Gasteiger partial charge in [-0.05, 0) is 44.9 Å². The second kappa shape index (κ2) is 33.9. The maximum absolute atomic E-state index is 12.8. The van der Waals surface area contributed by atoms with Crippen molar-refractivity contribution >= 4 is 19.8 Å². The molecule has 0 aromatic heterocycles. The quantitative estimate of drug-likeness (QED) is 0.00900. The van der Waals surface area contributed by atoms with Crippen LogP contribution in [0.3, 0.4) is 0 Å². The summed E-state index contributed by atoms with van der Waals surface area (Å²) in [6, 6.07) is 0. The Balaban J connectivity index is 2.55. The van der Waals surface area contributed by atoms with E-state index in [1.54, 1.807) is 6.08 Å². The molecule has 0 amide bonds. The molecule has 0 aromatic rings. The number of unbranched alkanes of at least 4 members (excludes halogenated alkanes) is 20. The number of ether oxygens (including phenoxy) is 2. The van der Waals surface area contributed by atoms with Gasteiger partial charge in [-0.25, -0.2) is 9.36 Å². The molecule has 6 unspecified atom stereocenters. The lowest BCUT2D eigenvalue weighted by Gasteiger charge is -2.41. The van der Waals surface area contributed by atoms with E-state index in [9.17, 15) is 44.6 Å². The Hall–Kier alpha value is -1.93. The molecule has 0 heterocycles. The van der Waals surface area contributed by atoms with E-state index in [0.717, 1.165) is 63.9 Å². The summed E-state index contributed by atoms with van der Waals surface area (Å²) < 4.78 is 33.2. The fraction of sp³-hybridized carbons (Fsp3) is 0.814. The average Bonchev–Trinajstić information content (AvgIpc) is 3.19. The van der Waals surface area contributed by atoms with E-state index in [0.29, 0.717) is 6.42 Å². The van der Waals surface area contributed by atoms with Gasteiger partial charge in [-0.3, -0.25) is 13.8 Å². The van der Waals surface area contributed by atoms with E-state index in [1.807, 2.05) is 6.08 Å². The van der Waals surface area contributed by atoms with Gasteiger partial charge in [-0.15, -0.1) is 0 Å². The molecule has 13 nitrogen and oxygen atoms in total. The van der Waals surface area contributed by atoms with Crippen LogP contribution in [-0.2, 0) is 32.7 Å². The molecule has 0 saturated heterocycles. The summed E-state index contributed by atoms with van der Waals surface area (Å²) in [6.07, 6.45) is 24.1. The highest BCUT2D eigenvalue weighted by molar-refractivity contribution is 7.47. The van der Waals surface area contributed by atoms with E-state index < -0.39 is 75.7 Å². The van der Waals surface area contributed by atoms with Crippen LogP contribution in [0.4, 0.5) is 0 Å². The lowest BCUT2D eigenvalue weighted by atomic mass is 9.85. The topological polar surface area (TPSA) is 210 Å². The van der Waals surface area contributed by atoms with E-state index in [4.69, 9.17) is 18.5 Å². The first-order valence-electron chi connectivity index (χ1n) is 21.8. The molecule has 0 aliphatic heterocycles. The molecule has 14 heteroatoms. The summed E-state index contributed by atoms with van der Waals surface area (Å²) in [6.45, 7) is 3.16. The van der Waals surface area contributed by atoms with Crippen molar-refractivity contribution in [2.45, 2.75) is 211 Å². The second-order valence-corrected chi connectivity index (χ2v) is 16.7. The first-order valence-corrected chi connectivity index (χ1v) is 23.3. The highest BCUT2D eigenvalue weighted by Crippen LogP contribution is 2.47. The SMILES string of the molecule is CCCCCC/C=C/CCCCCCCC(=O)OC[C@H](COP(=O)(O)OC1C(O)C(O)C(O)[C@@H](O)C1O)OC(=O)/C=C/C=C/CCCCCCCCCCCCC. The molecule has 0 radical (unpaired) electrons. The molecule has 1 rings (SSSR count). The molecule has 8 atom stereocenters. The van der Waals surface area contributed by atoms with Gasteiger partial charge in [0.1, 0.15) is 43.2 Å². The number of aliphatic hydroxyl groups excluding tert-OH is 5. The molecule has 1 saturated carbocycles. The molecule has 0 aromatic carbocycles. The number of hydrogen-bond acceptors (Lipinski definition) is 12. The van der Waals surface area contributed by atoms with E-state index in [-0.39, 0.29) is 6.42 Å². The standard InChI is InChI=1S/C43H77O13P/c1-3-5-7-9-11-13-15-17-18-20-22-24-26-28-30-32-37(45)55-35(34-54-57(51,52)56-43-41(49)39(47)38(46)40(48)42(43)50)33-53-36(44)31-29-27-25-23-21-19-16-14-12-10-8-6-4-2/h14,16,26,28,30,32,35,38-43,46-50H,3-13,15,17-25,27,29,31,33-34H2,1-2H3,(H,51,52)/b16-14+,28-26+,32-30+/t35-,38?,39-,40?,41?,42?,43?/m1/s1. The van der Waals surface area contributed by atoms with Crippen molar-refractivity contribution in [2.24, 2.45) is 0 Å². The Morgan fingerprint density at radius 1 is 0.579 bits per heavy atom. The molecule has 57 heavy (non-hydrogen) atoms. The number of rotatable bonds is 35. The van der Waals surface area contributed by atoms with Crippen LogP contribution in [0.1, 0.15) is 168 Å². The number of hydrogen-bond donors (Lipinski definition) is 6. The third-order valence-corrected chi connectivity index (χ3v) is 11.0. The van der Waals surface area contributed by atoms with Crippen molar-refractivity contribution in [1.82, 2.24) is 0 Å². The fourth-order valence-corrected chi connectivity index (χ4v) is 7.46. The molecular formula is C43H77O13P. The summed E-state index contributed by atoms with van der Waals surface area (Å²) in [5.41, 5.74) is 0. The van der Waals surface area contributed by atoms with E-state index in [1.165, 1.54) is 89.5 Å². The van der Waals surface area contributed by atoms with Crippen molar-refractivity contribution in [3.8, 4) is 0 Å². The smallest absolute Gasteiger partial charge is 0.462 e. The van der Waals surface area contributed by atoms with Gasteiger partial charge < -0.3 is 39.9 Å². The first-order chi connectivity index (χ1) is 27.4. The minimum Gasteiger partial charge on any atom is -0.462 e. The lowest BCUT2D eigenvalue weighted by molar-refractivity contribution is -0.220. The Morgan fingerprint density at radius 2 is 1.02 bits per heavy atom. The van der Waals surface area contributed by atoms with Crippen LogP contribution >= 0.6 is 7.82 Å². The maximum atomic E-state index is 12.8. The highest BCUT2D eigenvalue weighted by atomic mass is 31.2. The van der Waals surface area contributed by atoms with Gasteiger partial charge in [0.25, 0.3) is 0 Å². The zero-order valence-electron chi connectivity index (χ0n) is 34.9. The Kier molecular flexibility index (Phi) is 31.5. The van der Waals surface area contributed by atoms with E-state index >= 15 is 0 Å². The number of allylic oxidation sites excluding steroid dienone is 5. The van der Waals surface area contributed by atoms with E-state index in [2.05, 4.69) is 26.0 Å². The molecule has 1 fully saturated rings. The minimum atomic E-state index is -5.14. The van der Waals surface area contributed by atoms with Gasteiger partial charge >= 0.3 is 19.8 Å². The Bertz CT molecular complexity index is 1150. The van der Waals surface area contributed by atoms with Gasteiger partial charge in [-0.2, -0.15) is 0 Å². The normalized spacial score (nSPS) is 23.0.